The number of anilines is 2. The first kappa shape index (κ1) is 18.2. The zero-order valence-electron chi connectivity index (χ0n) is 13.0. The smallest absolute Gasteiger partial charge is 0.326 e. The predicted octanol–water partition coefficient (Wildman–Crippen LogP) is 2.12. The van der Waals surface area contributed by atoms with Crippen LogP contribution in [-0.2, 0) is 21.5 Å². The van der Waals surface area contributed by atoms with E-state index in [4.69, 9.17) is 11.6 Å². The summed E-state index contributed by atoms with van der Waals surface area (Å²) >= 11 is 5.92. The predicted molar refractivity (Wildman–Crippen MR) is 91.2 cm³/mol. The molecule has 1 saturated heterocycles. The average Bonchev–Trinajstić information content (AvgIpc) is 2.80. The van der Waals surface area contributed by atoms with Crippen molar-refractivity contribution in [1.29, 1.82) is 0 Å². The highest BCUT2D eigenvalue weighted by Gasteiger charge is 2.37. The zero-order chi connectivity index (χ0) is 19.1. The van der Waals surface area contributed by atoms with Gasteiger partial charge < -0.3 is 10.4 Å². The Labute approximate surface area is 152 Å². The lowest BCUT2D eigenvalue weighted by atomic mass is 10.1. The van der Waals surface area contributed by atoms with Crippen LogP contribution in [-0.4, -0.2) is 26.0 Å². The quantitative estimate of drug-likeness (QED) is 0.726. The SMILES string of the molecule is O=C1CN(c2c(O)cc(CNc3cc(F)ccc3Cl)cc2F)S(=O)(=O)N1. The molecule has 0 aliphatic carbocycles. The molecule has 3 rings (SSSR count). The van der Waals surface area contributed by atoms with Crippen molar-refractivity contribution in [1.82, 2.24) is 4.72 Å². The van der Waals surface area contributed by atoms with Gasteiger partial charge in [-0.25, -0.2) is 17.8 Å². The van der Waals surface area contributed by atoms with Crippen molar-refractivity contribution in [3.05, 3.63) is 52.6 Å². The number of carbonyl (C=O) groups excluding carboxylic acids is 1. The molecule has 0 radical (unpaired) electrons. The van der Waals surface area contributed by atoms with Crippen molar-refractivity contribution in [3.63, 3.8) is 0 Å². The van der Waals surface area contributed by atoms with Gasteiger partial charge in [-0.15, -0.1) is 0 Å². The van der Waals surface area contributed by atoms with Gasteiger partial charge in [0.15, 0.2) is 5.82 Å². The molecule has 11 heteroatoms. The number of benzene rings is 2. The molecule has 1 amide bonds. The van der Waals surface area contributed by atoms with Gasteiger partial charge in [0.25, 0.3) is 5.91 Å². The summed E-state index contributed by atoms with van der Waals surface area (Å²) in [6.07, 6.45) is 0. The largest absolute Gasteiger partial charge is 0.506 e. The van der Waals surface area contributed by atoms with Crippen LogP contribution in [0.15, 0.2) is 30.3 Å². The van der Waals surface area contributed by atoms with Gasteiger partial charge >= 0.3 is 10.2 Å². The Balaban J connectivity index is 1.86. The number of nitrogens with zero attached hydrogens (tertiary/aromatic N) is 1. The lowest BCUT2D eigenvalue weighted by molar-refractivity contribution is -0.117. The molecule has 1 fully saturated rings. The first-order valence-corrected chi connectivity index (χ1v) is 9.03. The highest BCUT2D eigenvalue weighted by atomic mass is 35.5. The first-order chi connectivity index (χ1) is 12.2. The second kappa shape index (κ2) is 6.61. The number of phenols is 1. The maximum atomic E-state index is 14.4. The van der Waals surface area contributed by atoms with Gasteiger partial charge in [0.05, 0.1) is 10.7 Å². The lowest BCUT2D eigenvalue weighted by Gasteiger charge is -2.18. The third-order valence-electron chi connectivity index (χ3n) is 3.58. The van der Waals surface area contributed by atoms with E-state index in [1.54, 1.807) is 4.72 Å². The first-order valence-electron chi connectivity index (χ1n) is 7.21. The molecule has 138 valence electrons. The Hall–Kier alpha value is -2.59. The summed E-state index contributed by atoms with van der Waals surface area (Å²) in [5, 5.41) is 13.1. The van der Waals surface area contributed by atoms with E-state index in [1.165, 1.54) is 12.1 Å². The number of nitrogens with one attached hydrogen (secondary N) is 2. The summed E-state index contributed by atoms with van der Waals surface area (Å²) in [6.45, 7) is -0.652. The van der Waals surface area contributed by atoms with E-state index in [0.717, 1.165) is 18.2 Å². The number of rotatable bonds is 4. The minimum absolute atomic E-state index is 0.0160. The van der Waals surface area contributed by atoms with Crippen molar-refractivity contribution in [2.24, 2.45) is 0 Å². The summed E-state index contributed by atoms with van der Waals surface area (Å²) in [7, 11) is -4.25. The molecule has 1 aliphatic heterocycles. The van der Waals surface area contributed by atoms with Crippen molar-refractivity contribution in [2.75, 3.05) is 16.2 Å². The molecule has 7 nitrogen and oxygen atoms in total. The fourth-order valence-electron chi connectivity index (χ4n) is 2.46. The molecule has 2 aromatic rings. The van der Waals surface area contributed by atoms with Gasteiger partial charge in [-0.2, -0.15) is 8.42 Å². The van der Waals surface area contributed by atoms with Crippen LogP contribution >= 0.6 is 11.6 Å². The standard InChI is InChI=1S/C15H12ClF2N3O4S/c16-10-2-1-9(17)5-12(10)19-6-8-3-11(18)15(13(22)4-8)21-7-14(23)20-26(21,24)25/h1-5,19,22H,6-7H2,(H,20,23). The minimum Gasteiger partial charge on any atom is -0.506 e. The number of halogens is 3. The maximum absolute atomic E-state index is 14.4. The lowest BCUT2D eigenvalue weighted by Crippen LogP contribution is -2.30. The molecule has 0 bridgehead atoms. The molecule has 3 N–H and O–H groups in total. The van der Waals surface area contributed by atoms with E-state index < -0.39 is 45.7 Å². The van der Waals surface area contributed by atoms with E-state index >= 15 is 0 Å². The molecule has 1 aliphatic rings. The van der Waals surface area contributed by atoms with Crippen molar-refractivity contribution < 1.29 is 27.1 Å². The Morgan fingerprint density at radius 2 is 2.00 bits per heavy atom. The number of amides is 1. The van der Waals surface area contributed by atoms with E-state index in [0.29, 0.717) is 4.31 Å². The van der Waals surface area contributed by atoms with Crippen molar-refractivity contribution in [3.8, 4) is 5.75 Å². The van der Waals surface area contributed by atoms with Crippen molar-refractivity contribution in [2.45, 2.75) is 6.54 Å². The van der Waals surface area contributed by atoms with Gasteiger partial charge in [-0.05, 0) is 35.9 Å². The Kier molecular flexibility index (Phi) is 4.63. The summed E-state index contributed by atoms with van der Waals surface area (Å²) in [5.41, 5.74) is -0.108. The molecule has 26 heavy (non-hydrogen) atoms. The second-order valence-electron chi connectivity index (χ2n) is 5.46. The van der Waals surface area contributed by atoms with Gasteiger partial charge in [-0.3, -0.25) is 4.79 Å². The molecule has 0 saturated carbocycles. The topological polar surface area (TPSA) is 98.7 Å². The van der Waals surface area contributed by atoms with E-state index in [1.807, 2.05) is 0 Å². The molecule has 0 unspecified atom stereocenters. The van der Waals surface area contributed by atoms with Gasteiger partial charge in [0.1, 0.15) is 23.8 Å². The Bertz CT molecular complexity index is 977. The molecule has 0 aromatic heterocycles. The fourth-order valence-corrected chi connectivity index (χ4v) is 3.82. The van der Waals surface area contributed by atoms with Crippen LogP contribution in [0.5, 0.6) is 5.75 Å². The fraction of sp³-hybridized carbons (Fsp3) is 0.133. The third-order valence-corrected chi connectivity index (χ3v) is 5.29. The van der Waals surface area contributed by atoms with E-state index in [9.17, 15) is 27.1 Å². The van der Waals surface area contributed by atoms with Crippen LogP contribution in [0, 0.1) is 11.6 Å². The van der Waals surface area contributed by atoms with Gasteiger partial charge in [-0.1, -0.05) is 11.6 Å². The number of aromatic hydroxyl groups is 1. The highest BCUT2D eigenvalue weighted by Crippen LogP contribution is 2.35. The average molecular weight is 404 g/mol. The van der Waals surface area contributed by atoms with E-state index in [-0.39, 0.29) is 22.8 Å². The molecule has 2 aromatic carbocycles. The molecule has 0 spiro atoms. The minimum atomic E-state index is -4.25. The number of phenolic OH excluding ortho intramolecular Hbond substituents is 1. The van der Waals surface area contributed by atoms with Gasteiger partial charge in [0, 0.05) is 6.54 Å². The van der Waals surface area contributed by atoms with Crippen LogP contribution in [0.1, 0.15) is 5.56 Å². The maximum Gasteiger partial charge on any atom is 0.326 e. The second-order valence-corrected chi connectivity index (χ2v) is 7.46. The van der Waals surface area contributed by atoms with Crippen LogP contribution in [0.4, 0.5) is 20.2 Å². The van der Waals surface area contributed by atoms with Gasteiger partial charge in [0.2, 0.25) is 0 Å². The molecule has 0 atom stereocenters. The van der Waals surface area contributed by atoms with E-state index in [2.05, 4.69) is 5.32 Å². The Morgan fingerprint density at radius 3 is 2.62 bits per heavy atom. The monoisotopic (exact) mass is 403 g/mol. The molecule has 1 heterocycles. The number of carbonyl (C=O) groups is 1. The normalized spacial score (nSPS) is 15.8. The number of hydrogen-bond acceptors (Lipinski definition) is 5. The summed E-state index contributed by atoms with van der Waals surface area (Å²) < 4.78 is 53.3. The van der Waals surface area contributed by atoms with Crippen LogP contribution < -0.4 is 14.3 Å². The molecular formula is C15H12ClF2N3O4S. The third kappa shape index (κ3) is 3.51. The summed E-state index contributed by atoms with van der Waals surface area (Å²) in [5.74, 6) is -3.05. The van der Waals surface area contributed by atoms with Crippen LogP contribution in [0.2, 0.25) is 5.02 Å². The highest BCUT2D eigenvalue weighted by molar-refractivity contribution is 7.92. The van der Waals surface area contributed by atoms with Crippen LogP contribution in [0.25, 0.3) is 0 Å². The Morgan fingerprint density at radius 1 is 1.27 bits per heavy atom. The molecular weight excluding hydrogens is 392 g/mol. The van der Waals surface area contributed by atoms with Crippen molar-refractivity contribution >= 4 is 39.1 Å². The zero-order valence-corrected chi connectivity index (χ0v) is 14.5. The van der Waals surface area contributed by atoms with Crippen LogP contribution in [0.3, 0.4) is 0 Å². The summed E-state index contributed by atoms with van der Waals surface area (Å²) in [4.78, 5) is 11.3. The summed E-state index contributed by atoms with van der Waals surface area (Å²) in [6, 6.07) is 5.81. The number of hydrogen-bond donors (Lipinski definition) is 3.